The Balaban J connectivity index is 1.56. The van der Waals surface area contributed by atoms with Crippen LogP contribution in [0.4, 0.5) is 0 Å². The van der Waals surface area contributed by atoms with Gasteiger partial charge in [-0.15, -0.1) is 0 Å². The highest BCUT2D eigenvalue weighted by Crippen LogP contribution is 2.60. The molecule has 1 aromatic rings. The molecule has 0 aromatic heterocycles. The largest absolute Gasteiger partial charge is 0.427 e. The van der Waals surface area contributed by atoms with Gasteiger partial charge in [0.2, 0.25) is 0 Å². The molecule has 3 aliphatic carbocycles. The fraction of sp³-hybridized carbons (Fsp3) is 0.682. The van der Waals surface area contributed by atoms with Crippen molar-refractivity contribution in [3.8, 4) is 5.75 Å². The van der Waals surface area contributed by atoms with Gasteiger partial charge in [-0.3, -0.25) is 4.79 Å². The lowest BCUT2D eigenvalue weighted by Gasteiger charge is -2.50. The van der Waals surface area contributed by atoms with Crippen LogP contribution in [-0.2, 0) is 11.2 Å². The summed E-state index contributed by atoms with van der Waals surface area (Å²) in [6, 6.07) is 6.28. The first kappa shape index (κ1) is 17.1. The Morgan fingerprint density at radius 2 is 2.12 bits per heavy atom. The number of aliphatic hydroxyl groups is 1. The third-order valence-corrected chi connectivity index (χ3v) is 7.33. The minimum absolute atomic E-state index is 0.111. The van der Waals surface area contributed by atoms with E-state index in [1.54, 1.807) is 0 Å². The minimum Gasteiger partial charge on any atom is -0.427 e. The number of aryl methyl sites for hydroxylation is 1. The van der Waals surface area contributed by atoms with Crippen molar-refractivity contribution in [2.75, 3.05) is 0 Å². The normalized spacial score (nSPS) is 36.3. The van der Waals surface area contributed by atoms with E-state index in [1.807, 2.05) is 13.0 Å². The fourth-order valence-electron chi connectivity index (χ4n) is 5.98. The number of hydrogen-bond acceptors (Lipinski definition) is 3. The summed E-state index contributed by atoms with van der Waals surface area (Å²) in [6.45, 7) is 4.31. The van der Waals surface area contributed by atoms with Crippen molar-refractivity contribution in [1.29, 1.82) is 0 Å². The Morgan fingerprint density at radius 1 is 1.28 bits per heavy atom. The zero-order valence-corrected chi connectivity index (χ0v) is 15.5. The quantitative estimate of drug-likeness (QED) is 0.644. The highest BCUT2D eigenvalue weighted by molar-refractivity contribution is 5.72. The lowest BCUT2D eigenvalue weighted by molar-refractivity contribution is -0.134. The number of carbonyl (C=O) groups is 1. The molecule has 0 spiro atoms. The predicted molar refractivity (Wildman–Crippen MR) is 97.6 cm³/mol. The summed E-state index contributed by atoms with van der Waals surface area (Å²) in [6.07, 6.45) is 7.92. The molecule has 3 nitrogen and oxygen atoms in total. The van der Waals surface area contributed by atoms with Crippen molar-refractivity contribution in [2.45, 2.75) is 77.2 Å². The molecule has 1 N–H and O–H groups in total. The maximum atomic E-state index is 11.8. The number of fused-ring (bicyclic) bond motifs is 5. The van der Waals surface area contributed by atoms with Crippen LogP contribution in [0.15, 0.2) is 18.2 Å². The van der Waals surface area contributed by atoms with E-state index in [0.717, 1.165) is 25.7 Å². The Labute approximate surface area is 150 Å². The van der Waals surface area contributed by atoms with E-state index in [4.69, 9.17) is 4.74 Å². The summed E-state index contributed by atoms with van der Waals surface area (Å²) in [5.41, 5.74) is 2.97. The summed E-state index contributed by atoms with van der Waals surface area (Å²) >= 11 is 0. The number of carbonyl (C=O) groups excluding carboxylic acids is 1. The fourth-order valence-corrected chi connectivity index (χ4v) is 5.98. The minimum atomic E-state index is -0.135. The number of aliphatic hydroxyl groups excluding tert-OH is 1. The molecule has 0 bridgehead atoms. The van der Waals surface area contributed by atoms with Gasteiger partial charge in [0, 0.05) is 6.42 Å². The SMILES string of the molecule is CCCC(=O)Oc1ccc2c(c1)CC[C@@H]1[C@@H]2CC[C@]2(C)[C@H](O)CC[C@@H]12. The van der Waals surface area contributed by atoms with Crippen molar-refractivity contribution in [2.24, 2.45) is 17.3 Å². The van der Waals surface area contributed by atoms with E-state index in [9.17, 15) is 9.90 Å². The smallest absolute Gasteiger partial charge is 0.311 e. The van der Waals surface area contributed by atoms with Crippen LogP contribution < -0.4 is 4.74 Å². The Morgan fingerprint density at radius 3 is 2.92 bits per heavy atom. The summed E-state index contributed by atoms with van der Waals surface area (Å²) in [5.74, 6) is 2.55. The molecule has 0 unspecified atom stereocenters. The van der Waals surface area contributed by atoms with Crippen LogP contribution in [0.2, 0.25) is 0 Å². The van der Waals surface area contributed by atoms with Crippen molar-refractivity contribution < 1.29 is 14.6 Å². The highest BCUT2D eigenvalue weighted by atomic mass is 16.5. The van der Waals surface area contributed by atoms with Gasteiger partial charge >= 0.3 is 5.97 Å². The van der Waals surface area contributed by atoms with Gasteiger partial charge in [0.05, 0.1) is 6.10 Å². The lowest BCUT2D eigenvalue weighted by atomic mass is 9.55. The van der Waals surface area contributed by atoms with E-state index >= 15 is 0 Å². The van der Waals surface area contributed by atoms with Crippen molar-refractivity contribution in [3.63, 3.8) is 0 Å². The number of benzene rings is 1. The van der Waals surface area contributed by atoms with Crippen LogP contribution in [0.3, 0.4) is 0 Å². The van der Waals surface area contributed by atoms with Crippen molar-refractivity contribution >= 4 is 5.97 Å². The zero-order valence-electron chi connectivity index (χ0n) is 15.5. The highest BCUT2D eigenvalue weighted by Gasteiger charge is 2.54. The van der Waals surface area contributed by atoms with E-state index < -0.39 is 0 Å². The van der Waals surface area contributed by atoms with Gasteiger partial charge in [-0.25, -0.2) is 0 Å². The van der Waals surface area contributed by atoms with E-state index in [-0.39, 0.29) is 17.5 Å². The number of esters is 1. The summed E-state index contributed by atoms with van der Waals surface area (Å²) in [4.78, 5) is 11.8. The van der Waals surface area contributed by atoms with Gasteiger partial charge in [0.25, 0.3) is 0 Å². The molecule has 0 amide bonds. The van der Waals surface area contributed by atoms with Gasteiger partial charge in [0.15, 0.2) is 0 Å². The molecule has 0 aliphatic heterocycles. The van der Waals surface area contributed by atoms with Crippen LogP contribution in [-0.4, -0.2) is 17.2 Å². The predicted octanol–water partition coefficient (Wildman–Crippen LogP) is 4.61. The van der Waals surface area contributed by atoms with Gasteiger partial charge in [-0.05, 0) is 91.4 Å². The Hall–Kier alpha value is -1.35. The first-order valence-electron chi connectivity index (χ1n) is 10.0. The van der Waals surface area contributed by atoms with E-state index in [1.165, 1.54) is 30.4 Å². The summed E-state index contributed by atoms with van der Waals surface area (Å²) < 4.78 is 5.48. The topological polar surface area (TPSA) is 46.5 Å². The Bertz CT molecular complexity index is 667. The molecule has 4 rings (SSSR count). The molecular weight excluding hydrogens is 312 g/mol. The molecule has 2 saturated carbocycles. The van der Waals surface area contributed by atoms with Crippen LogP contribution in [0.25, 0.3) is 0 Å². The molecule has 0 saturated heterocycles. The number of rotatable bonds is 3. The van der Waals surface area contributed by atoms with Crippen LogP contribution in [0.5, 0.6) is 5.75 Å². The lowest BCUT2D eigenvalue weighted by Crippen LogP contribution is -2.43. The van der Waals surface area contributed by atoms with Crippen LogP contribution >= 0.6 is 0 Å². The summed E-state index contributed by atoms with van der Waals surface area (Å²) in [5, 5.41) is 10.5. The van der Waals surface area contributed by atoms with Crippen LogP contribution in [0, 0.1) is 17.3 Å². The molecular formula is C22H30O3. The second kappa shape index (κ2) is 6.42. The average Bonchev–Trinajstić information content (AvgIpc) is 2.90. The maximum Gasteiger partial charge on any atom is 0.311 e. The molecule has 2 fully saturated rings. The molecule has 5 atom stereocenters. The van der Waals surface area contributed by atoms with Gasteiger partial charge in [-0.2, -0.15) is 0 Å². The van der Waals surface area contributed by atoms with Gasteiger partial charge in [0.1, 0.15) is 5.75 Å². The standard InChI is InChI=1S/C22H30O3/c1-3-4-21(24)25-15-6-8-16-14(13-15)5-7-18-17(16)11-12-22(2)19(18)9-10-20(22)23/h6,8,13,17-20,23H,3-5,7,9-12H2,1-2H3/t17-,18-,19+,20-,22+/m1/s1. The molecule has 0 heterocycles. The van der Waals surface area contributed by atoms with Gasteiger partial charge < -0.3 is 9.84 Å². The molecule has 1 aromatic carbocycles. The molecule has 3 aliphatic rings. The molecule has 3 heteroatoms. The maximum absolute atomic E-state index is 11.8. The van der Waals surface area contributed by atoms with E-state index in [2.05, 4.69) is 19.1 Å². The number of hydrogen-bond donors (Lipinski definition) is 1. The van der Waals surface area contributed by atoms with Gasteiger partial charge in [-0.1, -0.05) is 19.9 Å². The second-order valence-corrected chi connectivity index (χ2v) is 8.64. The van der Waals surface area contributed by atoms with Crippen LogP contribution in [0.1, 0.15) is 75.8 Å². The van der Waals surface area contributed by atoms with Crippen molar-refractivity contribution in [1.82, 2.24) is 0 Å². The first-order chi connectivity index (χ1) is 12.0. The molecule has 25 heavy (non-hydrogen) atoms. The third-order valence-electron chi connectivity index (χ3n) is 7.33. The number of ether oxygens (including phenoxy) is 1. The zero-order chi connectivity index (χ0) is 17.6. The summed E-state index contributed by atoms with van der Waals surface area (Å²) in [7, 11) is 0. The monoisotopic (exact) mass is 342 g/mol. The Kier molecular flexibility index (Phi) is 4.39. The first-order valence-corrected chi connectivity index (χ1v) is 10.0. The molecule has 0 radical (unpaired) electrons. The third kappa shape index (κ3) is 2.81. The average molecular weight is 342 g/mol. The van der Waals surface area contributed by atoms with Crippen molar-refractivity contribution in [3.05, 3.63) is 29.3 Å². The molecule has 136 valence electrons. The van der Waals surface area contributed by atoms with E-state index in [0.29, 0.717) is 29.9 Å². The second-order valence-electron chi connectivity index (χ2n) is 8.64.